The van der Waals surface area contributed by atoms with Crippen molar-refractivity contribution in [2.75, 3.05) is 6.54 Å². The van der Waals surface area contributed by atoms with Gasteiger partial charge in [0.25, 0.3) is 0 Å². The second-order valence-electron chi connectivity index (χ2n) is 5.41. The number of hydrogen-bond donors (Lipinski definition) is 3. The van der Waals surface area contributed by atoms with Crippen molar-refractivity contribution in [1.82, 2.24) is 5.32 Å². The van der Waals surface area contributed by atoms with Crippen molar-refractivity contribution >= 4 is 11.7 Å². The Labute approximate surface area is 123 Å². The van der Waals surface area contributed by atoms with Crippen molar-refractivity contribution in [2.45, 2.75) is 32.1 Å². The molecule has 0 heterocycles. The lowest BCUT2D eigenvalue weighted by Crippen LogP contribution is -2.48. The Balaban J connectivity index is 1.94. The van der Waals surface area contributed by atoms with E-state index in [9.17, 15) is 9.18 Å². The SMILES string of the molecule is NC(=NO)C1(C(=O)NCCc2cccc(F)c2)CCCC1. The third-order valence-corrected chi connectivity index (χ3v) is 4.08. The van der Waals surface area contributed by atoms with Gasteiger partial charge in [-0.1, -0.05) is 30.1 Å². The number of benzene rings is 1. The maximum atomic E-state index is 13.1. The number of carbonyl (C=O) groups excluding carboxylic acids is 1. The molecule has 0 radical (unpaired) electrons. The largest absolute Gasteiger partial charge is 0.409 e. The van der Waals surface area contributed by atoms with Gasteiger partial charge >= 0.3 is 0 Å². The molecule has 0 spiro atoms. The number of nitrogens with two attached hydrogens (primary N) is 1. The smallest absolute Gasteiger partial charge is 0.233 e. The molecule has 1 aliphatic rings. The van der Waals surface area contributed by atoms with Crippen LogP contribution in [0.5, 0.6) is 0 Å². The van der Waals surface area contributed by atoms with Gasteiger partial charge in [0, 0.05) is 6.54 Å². The zero-order chi connectivity index (χ0) is 15.3. The molecule has 1 saturated carbocycles. The summed E-state index contributed by atoms with van der Waals surface area (Å²) in [5.74, 6) is -0.530. The predicted octanol–water partition coefficient (Wildman–Crippen LogP) is 1.79. The van der Waals surface area contributed by atoms with Crippen LogP contribution in [-0.2, 0) is 11.2 Å². The van der Waals surface area contributed by atoms with E-state index >= 15 is 0 Å². The number of amidine groups is 1. The lowest BCUT2D eigenvalue weighted by atomic mass is 9.83. The number of hydrogen-bond acceptors (Lipinski definition) is 3. The molecule has 0 saturated heterocycles. The van der Waals surface area contributed by atoms with E-state index in [-0.39, 0.29) is 17.6 Å². The van der Waals surface area contributed by atoms with E-state index in [1.54, 1.807) is 6.07 Å². The van der Waals surface area contributed by atoms with Gasteiger partial charge in [0.1, 0.15) is 11.2 Å². The monoisotopic (exact) mass is 293 g/mol. The number of amides is 1. The summed E-state index contributed by atoms with van der Waals surface area (Å²) in [5, 5.41) is 14.7. The number of nitrogens with zero attached hydrogens (tertiary/aromatic N) is 1. The summed E-state index contributed by atoms with van der Waals surface area (Å²) >= 11 is 0. The van der Waals surface area contributed by atoms with Crippen LogP contribution in [0.15, 0.2) is 29.4 Å². The van der Waals surface area contributed by atoms with Crippen LogP contribution < -0.4 is 11.1 Å². The summed E-state index contributed by atoms with van der Waals surface area (Å²) in [7, 11) is 0. The van der Waals surface area contributed by atoms with Crippen LogP contribution in [0.2, 0.25) is 0 Å². The molecule has 0 atom stereocenters. The molecule has 6 heteroatoms. The number of halogens is 1. The zero-order valence-electron chi connectivity index (χ0n) is 11.8. The quantitative estimate of drug-likeness (QED) is 0.335. The van der Waals surface area contributed by atoms with Gasteiger partial charge in [-0.05, 0) is 37.0 Å². The first-order chi connectivity index (χ1) is 10.1. The van der Waals surface area contributed by atoms with Gasteiger partial charge in [-0.3, -0.25) is 4.79 Å². The Kier molecular flexibility index (Phi) is 4.77. The maximum Gasteiger partial charge on any atom is 0.233 e. The minimum absolute atomic E-state index is 0.0248. The molecule has 1 aromatic carbocycles. The van der Waals surface area contributed by atoms with E-state index in [0.717, 1.165) is 18.4 Å². The molecule has 0 unspecified atom stereocenters. The third kappa shape index (κ3) is 3.32. The van der Waals surface area contributed by atoms with Crippen molar-refractivity contribution < 1.29 is 14.4 Å². The summed E-state index contributed by atoms with van der Waals surface area (Å²) in [4.78, 5) is 12.4. The van der Waals surface area contributed by atoms with Crippen molar-refractivity contribution in [2.24, 2.45) is 16.3 Å². The molecular formula is C15H20FN3O2. The number of rotatable bonds is 5. The summed E-state index contributed by atoms with van der Waals surface area (Å²) in [6.07, 6.45) is 3.49. The highest BCUT2D eigenvalue weighted by molar-refractivity contribution is 6.07. The van der Waals surface area contributed by atoms with E-state index in [1.165, 1.54) is 12.1 Å². The Morgan fingerprint density at radius 1 is 1.43 bits per heavy atom. The average molecular weight is 293 g/mol. The first-order valence-corrected chi connectivity index (χ1v) is 7.09. The molecule has 2 rings (SSSR count). The van der Waals surface area contributed by atoms with Crippen molar-refractivity contribution in [1.29, 1.82) is 0 Å². The first kappa shape index (κ1) is 15.3. The van der Waals surface area contributed by atoms with Crippen LogP contribution in [0.4, 0.5) is 4.39 Å². The number of carbonyl (C=O) groups is 1. The lowest BCUT2D eigenvalue weighted by Gasteiger charge is -2.25. The van der Waals surface area contributed by atoms with E-state index in [2.05, 4.69) is 10.5 Å². The number of oxime groups is 1. The van der Waals surface area contributed by atoms with E-state index < -0.39 is 5.41 Å². The van der Waals surface area contributed by atoms with Gasteiger partial charge in [-0.2, -0.15) is 0 Å². The lowest BCUT2D eigenvalue weighted by molar-refractivity contribution is -0.127. The van der Waals surface area contributed by atoms with Crippen molar-refractivity contribution in [3.8, 4) is 0 Å². The van der Waals surface area contributed by atoms with Crippen molar-refractivity contribution in [3.05, 3.63) is 35.6 Å². The van der Waals surface area contributed by atoms with E-state index in [0.29, 0.717) is 25.8 Å². The molecule has 1 fully saturated rings. The highest BCUT2D eigenvalue weighted by Crippen LogP contribution is 2.38. The molecule has 21 heavy (non-hydrogen) atoms. The van der Waals surface area contributed by atoms with Crippen LogP contribution in [0.25, 0.3) is 0 Å². The highest BCUT2D eigenvalue weighted by atomic mass is 19.1. The zero-order valence-corrected chi connectivity index (χ0v) is 11.8. The summed E-state index contributed by atoms with van der Waals surface area (Å²) in [6, 6.07) is 6.28. The summed E-state index contributed by atoms with van der Waals surface area (Å²) < 4.78 is 13.1. The fraction of sp³-hybridized carbons (Fsp3) is 0.467. The van der Waals surface area contributed by atoms with Gasteiger partial charge in [0.2, 0.25) is 5.91 Å². The highest BCUT2D eigenvalue weighted by Gasteiger charge is 2.45. The van der Waals surface area contributed by atoms with Gasteiger partial charge in [-0.25, -0.2) is 4.39 Å². The molecule has 1 aliphatic carbocycles. The second-order valence-corrected chi connectivity index (χ2v) is 5.41. The molecule has 1 amide bonds. The summed E-state index contributed by atoms with van der Waals surface area (Å²) in [6.45, 7) is 0.392. The minimum Gasteiger partial charge on any atom is -0.409 e. The maximum absolute atomic E-state index is 13.1. The molecule has 4 N–H and O–H groups in total. The summed E-state index contributed by atoms with van der Waals surface area (Å²) in [5.41, 5.74) is 5.63. The minimum atomic E-state index is -0.892. The number of nitrogens with one attached hydrogen (secondary N) is 1. The fourth-order valence-electron chi connectivity index (χ4n) is 2.86. The molecular weight excluding hydrogens is 273 g/mol. The molecule has 0 aliphatic heterocycles. The molecule has 114 valence electrons. The Morgan fingerprint density at radius 3 is 2.76 bits per heavy atom. The normalized spacial score (nSPS) is 17.7. The Morgan fingerprint density at radius 2 is 2.14 bits per heavy atom. The van der Waals surface area contributed by atoms with E-state index in [1.807, 2.05) is 6.07 Å². The first-order valence-electron chi connectivity index (χ1n) is 7.09. The molecule has 0 bridgehead atoms. The van der Waals surface area contributed by atoms with Gasteiger partial charge in [0.05, 0.1) is 0 Å². The Hall–Kier alpha value is -2.11. The molecule has 5 nitrogen and oxygen atoms in total. The van der Waals surface area contributed by atoms with Gasteiger partial charge in [-0.15, -0.1) is 0 Å². The van der Waals surface area contributed by atoms with Gasteiger partial charge < -0.3 is 16.3 Å². The van der Waals surface area contributed by atoms with Crippen LogP contribution in [0.1, 0.15) is 31.2 Å². The average Bonchev–Trinajstić information content (AvgIpc) is 2.97. The molecule has 1 aromatic rings. The van der Waals surface area contributed by atoms with Crippen LogP contribution in [-0.4, -0.2) is 23.5 Å². The van der Waals surface area contributed by atoms with Gasteiger partial charge in [0.15, 0.2) is 5.84 Å². The van der Waals surface area contributed by atoms with Crippen LogP contribution in [0, 0.1) is 11.2 Å². The van der Waals surface area contributed by atoms with E-state index in [4.69, 9.17) is 10.9 Å². The Bertz CT molecular complexity index is 539. The van der Waals surface area contributed by atoms with Crippen LogP contribution in [0.3, 0.4) is 0 Å². The third-order valence-electron chi connectivity index (χ3n) is 4.08. The van der Waals surface area contributed by atoms with Crippen molar-refractivity contribution in [3.63, 3.8) is 0 Å². The second kappa shape index (κ2) is 6.56. The van der Waals surface area contributed by atoms with Crippen LogP contribution >= 0.6 is 0 Å². The molecule has 0 aromatic heterocycles. The standard InChI is InChI=1S/C15H20FN3O2/c16-12-5-3-4-11(10-12)6-9-18-14(20)15(13(17)19-21)7-1-2-8-15/h3-5,10,21H,1-2,6-9H2,(H2,17,19)(H,18,20). The predicted molar refractivity (Wildman–Crippen MR) is 77.4 cm³/mol. The fourth-order valence-corrected chi connectivity index (χ4v) is 2.86. The topological polar surface area (TPSA) is 87.7 Å².